The van der Waals surface area contributed by atoms with E-state index in [9.17, 15) is 0 Å². The van der Waals surface area contributed by atoms with Crippen molar-refractivity contribution in [1.82, 2.24) is 4.57 Å². The topological polar surface area (TPSA) is 24.6 Å². The first kappa shape index (κ1) is 37.2. The van der Waals surface area contributed by atoms with Crippen LogP contribution in [-0.4, -0.2) is 4.57 Å². The largest absolute Gasteiger partial charge is 0.455 e. The predicted octanol–water partition coefficient (Wildman–Crippen LogP) is 17.0. The van der Waals surface area contributed by atoms with E-state index in [4.69, 9.17) is 4.42 Å². The second kappa shape index (κ2) is 15.7. The van der Waals surface area contributed by atoms with Crippen LogP contribution in [0.5, 0.6) is 0 Å². The molecule has 0 atom stereocenters. The quantitative estimate of drug-likeness (QED) is 0.145. The highest BCUT2D eigenvalue weighted by Crippen LogP contribution is 2.43. The third-order valence-electron chi connectivity index (χ3n) is 12.4. The first-order chi connectivity index (χ1) is 31.8. The van der Waals surface area contributed by atoms with Gasteiger partial charge >= 0.3 is 0 Å². The highest BCUT2D eigenvalue weighted by Gasteiger charge is 2.19. The van der Waals surface area contributed by atoms with Gasteiger partial charge in [-0.05, 0) is 120 Å². The molecule has 10 aromatic carbocycles. The van der Waals surface area contributed by atoms with Crippen molar-refractivity contribution in [3.05, 3.63) is 249 Å². The molecule has 0 bridgehead atoms. The average molecular weight is 820 g/mol. The summed E-state index contributed by atoms with van der Waals surface area (Å²) in [5.74, 6) is 0. The van der Waals surface area contributed by atoms with Crippen LogP contribution in [0.1, 0.15) is 0 Å². The second-order valence-electron chi connectivity index (χ2n) is 16.1. The fourth-order valence-electron chi connectivity index (χ4n) is 9.47. The van der Waals surface area contributed by atoms with E-state index >= 15 is 0 Å². The van der Waals surface area contributed by atoms with Crippen molar-refractivity contribution in [3.8, 4) is 27.9 Å². The van der Waals surface area contributed by atoms with E-state index in [1.807, 2.05) is 12.1 Å². The molecule has 4 heteroatoms. The summed E-state index contributed by atoms with van der Waals surface area (Å²) < 4.78 is 8.80. The molecule has 0 spiro atoms. The lowest BCUT2D eigenvalue weighted by Gasteiger charge is -2.26. The Hall–Kier alpha value is -8.60. The lowest BCUT2D eigenvalue weighted by Crippen LogP contribution is -2.09. The zero-order chi connectivity index (χ0) is 42.4. The van der Waals surface area contributed by atoms with Crippen LogP contribution < -0.4 is 9.80 Å². The van der Waals surface area contributed by atoms with Crippen molar-refractivity contribution in [2.45, 2.75) is 0 Å². The summed E-state index contributed by atoms with van der Waals surface area (Å²) in [5.41, 5.74) is 16.4. The molecule has 0 aliphatic heterocycles. The Morgan fingerprint density at radius 1 is 0.297 bits per heavy atom. The number of benzene rings is 10. The van der Waals surface area contributed by atoms with Crippen molar-refractivity contribution in [2.24, 2.45) is 0 Å². The van der Waals surface area contributed by atoms with Gasteiger partial charge in [0.1, 0.15) is 11.2 Å². The lowest BCUT2D eigenvalue weighted by atomic mass is 9.99. The van der Waals surface area contributed by atoms with Gasteiger partial charge in [0.05, 0.1) is 11.0 Å². The third-order valence-corrected chi connectivity index (χ3v) is 12.4. The molecule has 12 rings (SSSR count). The fraction of sp³-hybridized carbons (Fsp3) is 0. The van der Waals surface area contributed by atoms with E-state index in [0.29, 0.717) is 0 Å². The maximum absolute atomic E-state index is 6.40. The fourth-order valence-corrected chi connectivity index (χ4v) is 9.47. The van der Waals surface area contributed by atoms with Crippen LogP contribution >= 0.6 is 0 Å². The number of para-hydroxylation sites is 6. The van der Waals surface area contributed by atoms with Gasteiger partial charge in [-0.1, -0.05) is 146 Å². The molecule has 0 amide bonds. The summed E-state index contributed by atoms with van der Waals surface area (Å²) in [4.78, 5) is 4.62. The Balaban J connectivity index is 0.908. The van der Waals surface area contributed by atoms with Crippen molar-refractivity contribution in [2.75, 3.05) is 9.80 Å². The molecule has 0 saturated carbocycles. The molecule has 12 aromatic rings. The van der Waals surface area contributed by atoms with Gasteiger partial charge in [-0.2, -0.15) is 0 Å². The number of rotatable bonds is 9. The number of anilines is 6. The second-order valence-corrected chi connectivity index (χ2v) is 16.1. The molecule has 0 aliphatic rings. The summed E-state index contributed by atoms with van der Waals surface area (Å²) in [7, 11) is 0. The van der Waals surface area contributed by atoms with Crippen LogP contribution in [0.4, 0.5) is 34.1 Å². The predicted molar refractivity (Wildman–Crippen MR) is 268 cm³/mol. The van der Waals surface area contributed by atoms with Crippen molar-refractivity contribution < 1.29 is 4.42 Å². The van der Waals surface area contributed by atoms with Gasteiger partial charge < -0.3 is 18.8 Å². The minimum atomic E-state index is 0.905. The molecule has 2 aromatic heterocycles. The minimum absolute atomic E-state index is 0.905. The molecule has 0 fully saturated rings. The van der Waals surface area contributed by atoms with E-state index < -0.39 is 0 Å². The molecule has 302 valence electrons. The maximum atomic E-state index is 6.40. The van der Waals surface area contributed by atoms with Crippen molar-refractivity contribution >= 4 is 77.9 Å². The van der Waals surface area contributed by atoms with Crippen LogP contribution in [0.3, 0.4) is 0 Å². The first-order valence-electron chi connectivity index (χ1n) is 21.8. The van der Waals surface area contributed by atoms with E-state index in [2.05, 4.69) is 251 Å². The molecule has 0 unspecified atom stereocenters. The highest BCUT2D eigenvalue weighted by molar-refractivity contribution is 6.16. The Morgan fingerprint density at radius 2 is 0.719 bits per heavy atom. The van der Waals surface area contributed by atoms with E-state index in [1.165, 1.54) is 27.4 Å². The van der Waals surface area contributed by atoms with Gasteiger partial charge in [-0.3, -0.25) is 0 Å². The third kappa shape index (κ3) is 6.40. The summed E-state index contributed by atoms with van der Waals surface area (Å²) >= 11 is 0. The standard InChI is InChI=1S/C60H41N3O/c1-4-16-44(17-5-1)61(45-18-6-2-7-19-45)49-38-40-50(41-39-49)63-56-27-12-10-23-55(56)59-51(24-15-28-57(59)63)42-30-34-47(35-31-42)62(46-20-8-3-9-21-46)48-36-32-43(33-37-48)52-25-14-26-54-53-22-11-13-29-58(53)64-60(52)54/h1-41H. The summed E-state index contributed by atoms with van der Waals surface area (Å²) in [6.45, 7) is 0. The van der Waals surface area contributed by atoms with E-state index in [0.717, 1.165) is 78.4 Å². The summed E-state index contributed by atoms with van der Waals surface area (Å²) in [5, 5.41) is 4.73. The van der Waals surface area contributed by atoms with Gasteiger partial charge in [0.2, 0.25) is 0 Å². The molecular weight excluding hydrogens is 779 g/mol. The van der Waals surface area contributed by atoms with Crippen LogP contribution in [0.2, 0.25) is 0 Å². The van der Waals surface area contributed by atoms with Crippen molar-refractivity contribution in [1.29, 1.82) is 0 Å². The number of nitrogens with zero attached hydrogens (tertiary/aromatic N) is 3. The SMILES string of the molecule is c1ccc(N(c2ccc(-c3cccc4c3oc3ccccc34)cc2)c2ccc(-c3cccc4c3c3ccccc3n4-c3ccc(N(c4ccccc4)c4ccccc4)cc3)cc2)cc1. The highest BCUT2D eigenvalue weighted by atomic mass is 16.3. The molecule has 0 radical (unpaired) electrons. The number of aromatic nitrogens is 1. The molecule has 0 aliphatic carbocycles. The number of hydrogen-bond acceptors (Lipinski definition) is 3. The van der Waals surface area contributed by atoms with E-state index in [-0.39, 0.29) is 0 Å². The number of furan rings is 1. The Labute approximate surface area is 371 Å². The molecule has 0 saturated heterocycles. The Bertz CT molecular complexity index is 3540. The monoisotopic (exact) mass is 819 g/mol. The van der Waals surface area contributed by atoms with Crippen LogP contribution in [0.15, 0.2) is 253 Å². The van der Waals surface area contributed by atoms with Gasteiger partial charge in [0, 0.05) is 66.9 Å². The Kier molecular flexibility index (Phi) is 9.12. The van der Waals surface area contributed by atoms with Gasteiger partial charge in [-0.25, -0.2) is 0 Å². The molecule has 64 heavy (non-hydrogen) atoms. The maximum Gasteiger partial charge on any atom is 0.143 e. The first-order valence-corrected chi connectivity index (χ1v) is 21.8. The van der Waals surface area contributed by atoms with E-state index in [1.54, 1.807) is 0 Å². The Morgan fingerprint density at radius 3 is 1.31 bits per heavy atom. The summed E-state index contributed by atoms with van der Waals surface area (Å²) in [6, 6.07) is 88.6. The summed E-state index contributed by atoms with van der Waals surface area (Å²) in [6.07, 6.45) is 0. The van der Waals surface area contributed by atoms with Crippen LogP contribution in [0.25, 0.3) is 71.7 Å². The number of hydrogen-bond donors (Lipinski definition) is 0. The van der Waals surface area contributed by atoms with Crippen LogP contribution in [-0.2, 0) is 0 Å². The average Bonchev–Trinajstić information content (AvgIpc) is 3.92. The minimum Gasteiger partial charge on any atom is -0.455 e. The van der Waals surface area contributed by atoms with Crippen molar-refractivity contribution in [3.63, 3.8) is 0 Å². The molecule has 0 N–H and O–H groups in total. The number of fused-ring (bicyclic) bond motifs is 6. The molecule has 4 nitrogen and oxygen atoms in total. The molecule has 2 heterocycles. The van der Waals surface area contributed by atoms with Gasteiger partial charge in [0.25, 0.3) is 0 Å². The lowest BCUT2D eigenvalue weighted by molar-refractivity contribution is 0.670. The normalized spacial score (nSPS) is 11.4. The van der Waals surface area contributed by atoms with Gasteiger partial charge in [0.15, 0.2) is 0 Å². The smallest absolute Gasteiger partial charge is 0.143 e. The van der Waals surface area contributed by atoms with Crippen LogP contribution in [0, 0.1) is 0 Å². The zero-order valence-electron chi connectivity index (χ0n) is 34.9. The van der Waals surface area contributed by atoms with Gasteiger partial charge in [-0.15, -0.1) is 0 Å². The zero-order valence-corrected chi connectivity index (χ0v) is 34.9. The molecular formula is C60H41N3O.